The van der Waals surface area contributed by atoms with Gasteiger partial charge in [0.2, 0.25) is 0 Å². The summed E-state index contributed by atoms with van der Waals surface area (Å²) in [5, 5.41) is 0. The van der Waals surface area contributed by atoms with Crippen molar-refractivity contribution in [3.8, 4) is 0 Å². The fraction of sp³-hybridized carbons (Fsp3) is 0.867. The molecule has 0 unspecified atom stereocenters. The smallest absolute Gasteiger partial charge is 0.0625 e. The van der Waals surface area contributed by atoms with E-state index in [1.54, 1.807) is 0 Å². The molecule has 0 rings (SSSR count). The summed E-state index contributed by atoms with van der Waals surface area (Å²) in [6.45, 7) is 15.9. The first-order valence-electron chi connectivity index (χ1n) is 7.37. The molecule has 0 amide bonds. The van der Waals surface area contributed by atoms with Crippen molar-refractivity contribution in [3.05, 3.63) is 12.2 Å². The lowest BCUT2D eigenvalue weighted by atomic mass is 10.2. The molecule has 2 nitrogen and oxygen atoms in total. The van der Waals surface area contributed by atoms with Crippen molar-refractivity contribution >= 4 is 0 Å². The maximum atomic E-state index is 2.58. The summed E-state index contributed by atoms with van der Waals surface area (Å²) in [4.78, 5) is 5.15. The van der Waals surface area contributed by atoms with Crippen LogP contribution < -0.4 is 0 Å². The van der Waals surface area contributed by atoms with E-state index in [1.165, 1.54) is 12.8 Å². The van der Waals surface area contributed by atoms with Gasteiger partial charge in [-0.2, -0.15) is 0 Å². The van der Waals surface area contributed by atoms with Crippen LogP contribution in [0.4, 0.5) is 0 Å². The lowest BCUT2D eigenvalue weighted by molar-refractivity contribution is 0.0509. The third-order valence-electron chi connectivity index (χ3n) is 3.46. The fourth-order valence-corrected chi connectivity index (χ4v) is 2.42. The van der Waals surface area contributed by atoms with Crippen molar-refractivity contribution < 1.29 is 0 Å². The molecule has 0 saturated heterocycles. The zero-order valence-corrected chi connectivity index (χ0v) is 12.6. The minimum atomic E-state index is 0.613. The van der Waals surface area contributed by atoms with Gasteiger partial charge in [-0.25, -0.2) is 0 Å². The molecule has 0 saturated carbocycles. The Kier molecular flexibility index (Phi) is 10.6. The van der Waals surface area contributed by atoms with Gasteiger partial charge in [0.15, 0.2) is 0 Å². The van der Waals surface area contributed by atoms with Crippen LogP contribution in [-0.2, 0) is 0 Å². The largest absolute Gasteiger partial charge is 0.288 e. The average Bonchev–Trinajstić information content (AvgIpc) is 2.36. The fourth-order valence-electron chi connectivity index (χ4n) is 2.42. The van der Waals surface area contributed by atoms with Crippen LogP contribution in [0.5, 0.6) is 0 Å². The number of allylic oxidation sites excluding steroid dienone is 2. The molecule has 102 valence electrons. The Morgan fingerprint density at radius 3 is 1.59 bits per heavy atom. The van der Waals surface area contributed by atoms with E-state index in [-0.39, 0.29) is 0 Å². The summed E-state index contributed by atoms with van der Waals surface area (Å²) in [6, 6.07) is 0. The minimum absolute atomic E-state index is 0.613. The van der Waals surface area contributed by atoms with Gasteiger partial charge in [-0.15, -0.1) is 0 Å². The molecule has 2 heteroatoms. The second kappa shape index (κ2) is 10.8. The van der Waals surface area contributed by atoms with Crippen LogP contribution in [0.15, 0.2) is 12.2 Å². The monoisotopic (exact) mass is 240 g/mol. The molecule has 0 aromatic heterocycles. The highest BCUT2D eigenvalue weighted by atomic mass is 15.3. The van der Waals surface area contributed by atoms with Crippen molar-refractivity contribution in [3.63, 3.8) is 0 Å². The van der Waals surface area contributed by atoms with Crippen LogP contribution >= 0.6 is 0 Å². The molecule has 0 aromatic rings. The van der Waals surface area contributed by atoms with Gasteiger partial charge >= 0.3 is 0 Å². The molecule has 0 fully saturated rings. The van der Waals surface area contributed by atoms with Gasteiger partial charge in [-0.05, 0) is 45.4 Å². The molecule has 0 aliphatic heterocycles. The molecule has 0 spiro atoms. The van der Waals surface area contributed by atoms with Crippen LogP contribution in [0, 0.1) is 0 Å². The van der Waals surface area contributed by atoms with Gasteiger partial charge in [0.1, 0.15) is 0 Å². The van der Waals surface area contributed by atoms with E-state index in [1.807, 2.05) is 0 Å². The van der Waals surface area contributed by atoms with Crippen LogP contribution in [-0.4, -0.2) is 42.1 Å². The van der Waals surface area contributed by atoms with Gasteiger partial charge in [0.25, 0.3) is 0 Å². The molecular formula is C15H32N2. The first kappa shape index (κ1) is 16.7. The number of nitrogens with zero attached hydrogens (tertiary/aromatic N) is 2. The van der Waals surface area contributed by atoms with E-state index in [2.05, 4.69) is 56.6 Å². The van der Waals surface area contributed by atoms with Gasteiger partial charge in [-0.3, -0.25) is 9.80 Å². The standard InChI is InChI=1S/C15H32N2/c1-6-11-12-13-14-15(16(7-2)8-3)17(9-4)10-5/h11-12,15H,6-10,13-14H2,1-5H3/b12-11+. The Labute approximate surface area is 109 Å². The highest BCUT2D eigenvalue weighted by molar-refractivity contribution is 4.83. The van der Waals surface area contributed by atoms with Gasteiger partial charge < -0.3 is 0 Å². The molecule has 0 heterocycles. The lowest BCUT2D eigenvalue weighted by Crippen LogP contribution is -2.48. The Bertz CT molecular complexity index is 169. The summed E-state index contributed by atoms with van der Waals surface area (Å²) in [5.74, 6) is 0. The molecule has 0 radical (unpaired) electrons. The zero-order chi connectivity index (χ0) is 13.1. The SMILES string of the molecule is CC/C=C/CCC(N(CC)CC)N(CC)CC. The van der Waals surface area contributed by atoms with Crippen LogP contribution in [0.25, 0.3) is 0 Å². The summed E-state index contributed by atoms with van der Waals surface area (Å²) in [7, 11) is 0. The number of rotatable bonds is 10. The molecule has 0 aliphatic carbocycles. The van der Waals surface area contributed by atoms with E-state index in [0.29, 0.717) is 6.17 Å². The Hall–Kier alpha value is -0.340. The normalized spacial score (nSPS) is 12.5. The Balaban J connectivity index is 4.42. The maximum Gasteiger partial charge on any atom is 0.0625 e. The second-order valence-electron chi connectivity index (χ2n) is 4.38. The second-order valence-corrected chi connectivity index (χ2v) is 4.38. The van der Waals surface area contributed by atoms with Gasteiger partial charge in [-0.1, -0.05) is 46.8 Å². The molecule has 0 bridgehead atoms. The predicted octanol–water partition coefficient (Wildman–Crippen LogP) is 3.74. The lowest BCUT2D eigenvalue weighted by Gasteiger charge is -2.38. The van der Waals surface area contributed by atoms with Crippen LogP contribution in [0.3, 0.4) is 0 Å². The van der Waals surface area contributed by atoms with Crippen molar-refractivity contribution in [2.24, 2.45) is 0 Å². The third-order valence-corrected chi connectivity index (χ3v) is 3.46. The van der Waals surface area contributed by atoms with E-state index in [4.69, 9.17) is 0 Å². The Morgan fingerprint density at radius 2 is 1.24 bits per heavy atom. The molecule has 0 N–H and O–H groups in total. The summed E-state index contributed by atoms with van der Waals surface area (Å²) >= 11 is 0. The number of hydrogen-bond acceptors (Lipinski definition) is 2. The molecule has 17 heavy (non-hydrogen) atoms. The van der Waals surface area contributed by atoms with Crippen LogP contribution in [0.2, 0.25) is 0 Å². The van der Waals surface area contributed by atoms with E-state index in [0.717, 1.165) is 32.6 Å². The summed E-state index contributed by atoms with van der Waals surface area (Å²) < 4.78 is 0. The summed E-state index contributed by atoms with van der Waals surface area (Å²) in [6.07, 6.45) is 8.83. The van der Waals surface area contributed by atoms with Gasteiger partial charge in [0.05, 0.1) is 6.17 Å². The van der Waals surface area contributed by atoms with Crippen molar-refractivity contribution in [1.29, 1.82) is 0 Å². The highest BCUT2D eigenvalue weighted by Gasteiger charge is 2.19. The summed E-state index contributed by atoms with van der Waals surface area (Å²) in [5.41, 5.74) is 0. The third kappa shape index (κ3) is 6.23. The zero-order valence-electron chi connectivity index (χ0n) is 12.6. The van der Waals surface area contributed by atoms with E-state index >= 15 is 0 Å². The Morgan fingerprint density at radius 1 is 0.765 bits per heavy atom. The first-order chi connectivity index (χ1) is 8.24. The quantitative estimate of drug-likeness (QED) is 0.424. The van der Waals surface area contributed by atoms with Crippen molar-refractivity contribution in [2.45, 2.75) is 60.0 Å². The van der Waals surface area contributed by atoms with E-state index in [9.17, 15) is 0 Å². The van der Waals surface area contributed by atoms with Gasteiger partial charge in [0, 0.05) is 0 Å². The predicted molar refractivity (Wildman–Crippen MR) is 78.3 cm³/mol. The molecule has 0 aliphatic rings. The van der Waals surface area contributed by atoms with E-state index < -0.39 is 0 Å². The average molecular weight is 240 g/mol. The first-order valence-corrected chi connectivity index (χ1v) is 7.37. The maximum absolute atomic E-state index is 2.58. The molecule has 0 aromatic carbocycles. The topological polar surface area (TPSA) is 6.48 Å². The molecule has 0 atom stereocenters. The highest BCUT2D eigenvalue weighted by Crippen LogP contribution is 2.13. The molecular weight excluding hydrogens is 208 g/mol. The minimum Gasteiger partial charge on any atom is -0.288 e. The van der Waals surface area contributed by atoms with Crippen molar-refractivity contribution in [1.82, 2.24) is 9.80 Å². The van der Waals surface area contributed by atoms with Crippen LogP contribution in [0.1, 0.15) is 53.9 Å². The van der Waals surface area contributed by atoms with Crippen molar-refractivity contribution in [2.75, 3.05) is 26.2 Å². The number of hydrogen-bond donors (Lipinski definition) is 0.